The van der Waals surface area contributed by atoms with E-state index < -0.39 is 0 Å². The Hall–Kier alpha value is -0.540. The highest BCUT2D eigenvalue weighted by Crippen LogP contribution is 2.12. The maximum Gasteiger partial charge on any atom is 0.0785 e. The van der Waals surface area contributed by atoms with Gasteiger partial charge >= 0.3 is 0 Å². The van der Waals surface area contributed by atoms with E-state index in [9.17, 15) is 0 Å². The lowest BCUT2D eigenvalue weighted by Gasteiger charge is -2.06. The van der Waals surface area contributed by atoms with Crippen molar-refractivity contribution in [2.45, 2.75) is 13.0 Å². The Labute approximate surface area is 76.7 Å². The molecule has 0 bridgehead atoms. The van der Waals surface area contributed by atoms with Crippen molar-refractivity contribution in [2.24, 2.45) is 5.92 Å². The Balaban J connectivity index is 1.94. The molecule has 12 heavy (non-hydrogen) atoms. The van der Waals surface area contributed by atoms with Crippen LogP contribution < -0.4 is 5.32 Å². The van der Waals surface area contributed by atoms with Crippen LogP contribution in [0.4, 0.5) is 0 Å². The first-order valence-electron chi connectivity index (χ1n) is 4.23. The summed E-state index contributed by atoms with van der Waals surface area (Å²) in [7, 11) is 0. The van der Waals surface area contributed by atoms with E-state index >= 15 is 0 Å². The predicted molar refractivity (Wildman–Crippen MR) is 48.2 cm³/mol. The molecule has 2 rings (SSSR count). The molecule has 1 saturated heterocycles. The normalized spacial score (nSPS) is 23.2. The lowest BCUT2D eigenvalue weighted by atomic mass is 10.1. The largest absolute Gasteiger partial charge is 0.316 e. The van der Waals surface area contributed by atoms with E-state index in [4.69, 9.17) is 11.6 Å². The molecule has 1 aromatic rings. The maximum absolute atomic E-state index is 5.75. The molecule has 0 amide bonds. The predicted octanol–water partition coefficient (Wildman–Crippen LogP) is 1.15. The smallest absolute Gasteiger partial charge is 0.0785 e. The first-order chi connectivity index (χ1) is 5.84. The number of nitrogens with zero attached hydrogens (tertiary/aromatic N) is 2. The third-order valence-corrected chi connectivity index (χ3v) is 2.40. The van der Waals surface area contributed by atoms with Crippen molar-refractivity contribution in [3.63, 3.8) is 0 Å². The van der Waals surface area contributed by atoms with Crippen molar-refractivity contribution in [3.05, 3.63) is 17.4 Å². The summed E-state index contributed by atoms with van der Waals surface area (Å²) < 4.78 is 1.92. The first kappa shape index (κ1) is 8.08. The summed E-state index contributed by atoms with van der Waals surface area (Å²) >= 11 is 5.75. The van der Waals surface area contributed by atoms with E-state index in [1.807, 2.05) is 10.9 Å². The molecule has 2 heterocycles. The van der Waals surface area contributed by atoms with Crippen LogP contribution in [0, 0.1) is 5.92 Å². The number of hydrogen-bond donors (Lipinski definition) is 1. The van der Waals surface area contributed by atoms with Crippen LogP contribution in [0.5, 0.6) is 0 Å². The first-order valence-corrected chi connectivity index (χ1v) is 4.61. The van der Waals surface area contributed by atoms with Gasteiger partial charge in [-0.25, -0.2) is 0 Å². The average molecular weight is 186 g/mol. The molecule has 0 radical (unpaired) electrons. The van der Waals surface area contributed by atoms with Gasteiger partial charge < -0.3 is 5.32 Å². The quantitative estimate of drug-likeness (QED) is 0.749. The zero-order valence-corrected chi connectivity index (χ0v) is 7.59. The topological polar surface area (TPSA) is 29.9 Å². The summed E-state index contributed by atoms with van der Waals surface area (Å²) in [6.07, 6.45) is 4.81. The van der Waals surface area contributed by atoms with Gasteiger partial charge in [0.2, 0.25) is 0 Å². The van der Waals surface area contributed by atoms with Crippen molar-refractivity contribution in [2.75, 3.05) is 13.1 Å². The van der Waals surface area contributed by atoms with E-state index in [2.05, 4.69) is 10.4 Å². The number of hydrogen-bond acceptors (Lipinski definition) is 2. The third-order valence-electron chi connectivity index (χ3n) is 2.21. The molecule has 66 valence electrons. The molecule has 1 fully saturated rings. The van der Waals surface area contributed by atoms with Crippen LogP contribution in [-0.2, 0) is 6.54 Å². The van der Waals surface area contributed by atoms with Crippen LogP contribution in [-0.4, -0.2) is 22.9 Å². The molecular formula is C8H12ClN3. The Bertz CT molecular complexity index is 253. The van der Waals surface area contributed by atoms with Gasteiger partial charge in [0.1, 0.15) is 0 Å². The van der Waals surface area contributed by atoms with Gasteiger partial charge in [-0.15, -0.1) is 0 Å². The van der Waals surface area contributed by atoms with Gasteiger partial charge in [0.05, 0.1) is 11.2 Å². The summed E-state index contributed by atoms with van der Waals surface area (Å²) in [5.74, 6) is 0.723. The summed E-state index contributed by atoms with van der Waals surface area (Å²) in [5, 5.41) is 8.18. The maximum atomic E-state index is 5.75. The Kier molecular flexibility index (Phi) is 2.33. The van der Waals surface area contributed by atoms with Gasteiger partial charge in [0.25, 0.3) is 0 Å². The van der Waals surface area contributed by atoms with E-state index in [0.717, 1.165) is 30.6 Å². The zero-order chi connectivity index (χ0) is 8.39. The molecule has 1 aliphatic rings. The molecule has 0 saturated carbocycles. The lowest BCUT2D eigenvalue weighted by molar-refractivity contribution is 0.449. The average Bonchev–Trinajstić information content (AvgIpc) is 2.63. The van der Waals surface area contributed by atoms with Gasteiger partial charge in [0, 0.05) is 12.7 Å². The molecule has 1 aliphatic heterocycles. The fraction of sp³-hybridized carbons (Fsp3) is 0.625. The van der Waals surface area contributed by atoms with Crippen molar-refractivity contribution >= 4 is 11.6 Å². The van der Waals surface area contributed by atoms with Gasteiger partial charge in [-0.05, 0) is 25.4 Å². The second-order valence-corrected chi connectivity index (χ2v) is 3.68. The van der Waals surface area contributed by atoms with Crippen LogP contribution in [0.25, 0.3) is 0 Å². The van der Waals surface area contributed by atoms with E-state index in [1.54, 1.807) is 6.20 Å². The summed E-state index contributed by atoms with van der Waals surface area (Å²) in [6.45, 7) is 3.23. The minimum Gasteiger partial charge on any atom is -0.316 e. The summed E-state index contributed by atoms with van der Waals surface area (Å²) in [6, 6.07) is 0. The van der Waals surface area contributed by atoms with Gasteiger partial charge in [-0.2, -0.15) is 5.10 Å². The molecule has 0 aliphatic carbocycles. The monoisotopic (exact) mass is 185 g/mol. The molecule has 1 unspecified atom stereocenters. The van der Waals surface area contributed by atoms with Crippen LogP contribution in [0.2, 0.25) is 5.02 Å². The van der Waals surface area contributed by atoms with Crippen LogP contribution in [0.3, 0.4) is 0 Å². The highest BCUT2D eigenvalue weighted by Gasteiger charge is 2.14. The molecule has 0 spiro atoms. The highest BCUT2D eigenvalue weighted by atomic mass is 35.5. The zero-order valence-electron chi connectivity index (χ0n) is 6.83. The molecular weight excluding hydrogens is 174 g/mol. The minimum absolute atomic E-state index is 0.723. The van der Waals surface area contributed by atoms with Crippen molar-refractivity contribution < 1.29 is 0 Å². The fourth-order valence-corrected chi connectivity index (χ4v) is 1.73. The van der Waals surface area contributed by atoms with Crippen molar-refractivity contribution in [3.8, 4) is 0 Å². The number of halogens is 1. The molecule has 1 N–H and O–H groups in total. The summed E-state index contributed by atoms with van der Waals surface area (Å²) in [5.41, 5.74) is 0. The second-order valence-electron chi connectivity index (χ2n) is 3.24. The lowest BCUT2D eigenvalue weighted by Crippen LogP contribution is -2.14. The Morgan fingerprint density at radius 3 is 3.25 bits per heavy atom. The van der Waals surface area contributed by atoms with Gasteiger partial charge in [-0.3, -0.25) is 4.68 Å². The van der Waals surface area contributed by atoms with Crippen molar-refractivity contribution in [1.29, 1.82) is 0 Å². The number of nitrogens with one attached hydrogen (secondary N) is 1. The Morgan fingerprint density at radius 1 is 1.75 bits per heavy atom. The van der Waals surface area contributed by atoms with Gasteiger partial charge in [-0.1, -0.05) is 11.6 Å². The molecule has 1 aromatic heterocycles. The second kappa shape index (κ2) is 3.46. The number of aromatic nitrogens is 2. The van der Waals surface area contributed by atoms with E-state index in [0.29, 0.717) is 0 Å². The Morgan fingerprint density at radius 2 is 2.67 bits per heavy atom. The minimum atomic E-state index is 0.723. The van der Waals surface area contributed by atoms with E-state index in [-0.39, 0.29) is 0 Å². The van der Waals surface area contributed by atoms with Crippen LogP contribution in [0.1, 0.15) is 6.42 Å². The van der Waals surface area contributed by atoms with Crippen LogP contribution in [0.15, 0.2) is 12.4 Å². The van der Waals surface area contributed by atoms with Gasteiger partial charge in [0.15, 0.2) is 0 Å². The molecule has 0 aromatic carbocycles. The fourth-order valence-electron chi connectivity index (χ4n) is 1.57. The summed E-state index contributed by atoms with van der Waals surface area (Å²) in [4.78, 5) is 0. The highest BCUT2D eigenvalue weighted by molar-refractivity contribution is 6.30. The van der Waals surface area contributed by atoms with Crippen molar-refractivity contribution in [1.82, 2.24) is 15.1 Å². The third kappa shape index (κ3) is 1.79. The standard InChI is InChI=1S/C8H12ClN3/c9-8-4-11-12(6-8)5-7-1-2-10-3-7/h4,6-7,10H,1-3,5H2. The molecule has 1 atom stereocenters. The molecule has 4 heteroatoms. The number of rotatable bonds is 2. The van der Waals surface area contributed by atoms with Crippen LogP contribution >= 0.6 is 11.6 Å². The molecule has 3 nitrogen and oxygen atoms in total. The van der Waals surface area contributed by atoms with E-state index in [1.165, 1.54) is 6.42 Å². The SMILES string of the molecule is Clc1cnn(CC2CCNC2)c1.